The summed E-state index contributed by atoms with van der Waals surface area (Å²) in [5.41, 5.74) is 0.724. The number of benzene rings is 2. The number of amides is 1. The van der Waals surface area contributed by atoms with E-state index in [1.165, 1.54) is 31.4 Å². The van der Waals surface area contributed by atoms with Crippen molar-refractivity contribution in [2.45, 2.75) is 4.90 Å². The quantitative estimate of drug-likeness (QED) is 0.755. The van der Waals surface area contributed by atoms with Crippen molar-refractivity contribution in [3.63, 3.8) is 0 Å². The van der Waals surface area contributed by atoms with Crippen LogP contribution < -0.4 is 14.8 Å². The summed E-state index contributed by atoms with van der Waals surface area (Å²) < 4.78 is 33.6. The highest BCUT2D eigenvalue weighted by Gasteiger charge is 2.11. The Balaban J connectivity index is 2.05. The lowest BCUT2D eigenvalue weighted by Crippen LogP contribution is -2.20. The summed E-state index contributed by atoms with van der Waals surface area (Å²) in [5, 5.41) is 2.55. The van der Waals surface area contributed by atoms with Gasteiger partial charge in [-0.3, -0.25) is 9.59 Å². The minimum absolute atomic E-state index is 0.103. The molecule has 2 rings (SSSR count). The Morgan fingerprint density at radius 1 is 1.16 bits per heavy atom. The van der Waals surface area contributed by atoms with Crippen molar-refractivity contribution in [2.75, 3.05) is 25.3 Å². The molecule has 1 amide bonds. The van der Waals surface area contributed by atoms with E-state index in [4.69, 9.17) is 9.47 Å². The average Bonchev–Trinajstić information content (AvgIpc) is 2.59. The summed E-state index contributed by atoms with van der Waals surface area (Å²) >= 11 is 0. The molecule has 0 spiro atoms. The van der Waals surface area contributed by atoms with Crippen LogP contribution in [0.1, 0.15) is 10.4 Å². The third-order valence-electron chi connectivity index (χ3n) is 3.23. The molecule has 0 heterocycles. The summed E-state index contributed by atoms with van der Waals surface area (Å²) in [7, 11) is -1.92. The molecule has 1 N–H and O–H groups in total. The van der Waals surface area contributed by atoms with E-state index >= 15 is 0 Å². The minimum Gasteiger partial charge on any atom is -0.493 e. The molecule has 0 atom stereocenters. The first-order chi connectivity index (χ1) is 11.8. The number of hydrogen-bond donors (Lipinski definition) is 1. The van der Waals surface area contributed by atoms with Crippen LogP contribution in [0, 0.1) is 0 Å². The van der Waals surface area contributed by atoms with Gasteiger partial charge >= 0.3 is 0 Å². The third kappa shape index (κ3) is 5.05. The predicted octanol–water partition coefficient (Wildman–Crippen LogP) is 1.93. The summed E-state index contributed by atoms with van der Waals surface area (Å²) in [5.74, 6) is 0.161. The van der Waals surface area contributed by atoms with Crippen LogP contribution in [0.5, 0.6) is 11.5 Å². The van der Waals surface area contributed by atoms with Gasteiger partial charge in [0.05, 0.1) is 12.0 Å². The maximum Gasteiger partial charge on any atom is 0.262 e. The fraction of sp³-hybridized carbons (Fsp3) is 0.176. The van der Waals surface area contributed by atoms with Crippen molar-refractivity contribution in [3.8, 4) is 11.5 Å². The van der Waals surface area contributed by atoms with Crippen LogP contribution in [0.2, 0.25) is 0 Å². The van der Waals surface area contributed by atoms with E-state index in [1.54, 1.807) is 18.2 Å². The number of carbonyl (C=O) groups excluding carboxylic acids is 2. The summed E-state index contributed by atoms with van der Waals surface area (Å²) in [6.07, 6.45) is 1.74. The van der Waals surface area contributed by atoms with Gasteiger partial charge in [0.1, 0.15) is 6.29 Å². The van der Waals surface area contributed by atoms with Crippen LogP contribution in [-0.2, 0) is 14.6 Å². The van der Waals surface area contributed by atoms with Crippen LogP contribution in [0.3, 0.4) is 0 Å². The van der Waals surface area contributed by atoms with Gasteiger partial charge in [0, 0.05) is 17.5 Å². The fourth-order valence-corrected chi connectivity index (χ4v) is 2.69. The molecule has 0 saturated heterocycles. The van der Waals surface area contributed by atoms with Crippen LogP contribution in [0.25, 0.3) is 0 Å². The molecule has 2 aromatic rings. The number of methoxy groups -OCH3 is 1. The predicted molar refractivity (Wildman–Crippen MR) is 92.1 cm³/mol. The Labute approximate surface area is 145 Å². The molecule has 8 heteroatoms. The molecule has 0 aliphatic carbocycles. The third-order valence-corrected chi connectivity index (χ3v) is 4.34. The molecule has 0 aliphatic rings. The van der Waals surface area contributed by atoms with Crippen LogP contribution in [0.15, 0.2) is 47.4 Å². The number of rotatable bonds is 7. The lowest BCUT2D eigenvalue weighted by atomic mass is 10.2. The number of carbonyl (C=O) groups is 2. The average molecular weight is 363 g/mol. The van der Waals surface area contributed by atoms with E-state index in [0.717, 1.165) is 6.26 Å². The van der Waals surface area contributed by atoms with Crippen LogP contribution >= 0.6 is 0 Å². The van der Waals surface area contributed by atoms with Gasteiger partial charge in [-0.2, -0.15) is 0 Å². The molecular weight excluding hydrogens is 346 g/mol. The van der Waals surface area contributed by atoms with Crippen molar-refractivity contribution in [1.82, 2.24) is 0 Å². The number of ether oxygens (including phenoxy) is 2. The zero-order chi connectivity index (χ0) is 18.4. The van der Waals surface area contributed by atoms with Crippen molar-refractivity contribution >= 4 is 27.7 Å². The Hall–Kier alpha value is -2.87. The molecule has 0 aromatic heterocycles. The molecule has 132 valence electrons. The SMILES string of the molecule is COc1ccc(C=O)cc1OCC(=O)Nc1cccc(S(C)(=O)=O)c1. The Bertz CT molecular complexity index is 892. The maximum atomic E-state index is 12.0. The first-order valence-corrected chi connectivity index (χ1v) is 9.08. The van der Waals surface area contributed by atoms with Gasteiger partial charge in [-0.25, -0.2) is 8.42 Å². The Kier molecular flexibility index (Phi) is 5.76. The van der Waals surface area contributed by atoms with E-state index in [2.05, 4.69) is 5.32 Å². The highest BCUT2D eigenvalue weighted by molar-refractivity contribution is 7.90. The first kappa shape index (κ1) is 18.5. The lowest BCUT2D eigenvalue weighted by Gasteiger charge is -2.11. The van der Waals surface area contributed by atoms with Crippen molar-refractivity contribution in [1.29, 1.82) is 0 Å². The van der Waals surface area contributed by atoms with Gasteiger partial charge in [0.25, 0.3) is 5.91 Å². The molecule has 0 fully saturated rings. The standard InChI is InChI=1S/C17H17NO6S/c1-23-15-7-6-12(10-19)8-16(15)24-11-17(20)18-13-4-3-5-14(9-13)25(2,21)22/h3-10H,11H2,1-2H3,(H,18,20). The van der Waals surface area contributed by atoms with E-state index < -0.39 is 15.7 Å². The molecule has 0 bridgehead atoms. The summed E-state index contributed by atoms with van der Waals surface area (Å²) in [6.45, 7) is -0.332. The second kappa shape index (κ2) is 7.80. The van der Waals surface area contributed by atoms with Crippen molar-refractivity contribution in [2.24, 2.45) is 0 Å². The molecular formula is C17H17NO6S. The zero-order valence-corrected chi connectivity index (χ0v) is 14.5. The molecule has 0 radical (unpaired) electrons. The second-order valence-electron chi connectivity index (χ2n) is 5.16. The van der Waals surface area contributed by atoms with E-state index in [9.17, 15) is 18.0 Å². The monoisotopic (exact) mass is 363 g/mol. The Morgan fingerprint density at radius 3 is 2.56 bits per heavy atom. The summed E-state index contributed by atoms with van der Waals surface area (Å²) in [6, 6.07) is 10.5. The lowest BCUT2D eigenvalue weighted by molar-refractivity contribution is -0.118. The second-order valence-corrected chi connectivity index (χ2v) is 7.18. The van der Waals surface area contributed by atoms with Crippen molar-refractivity contribution < 1.29 is 27.5 Å². The minimum atomic E-state index is -3.37. The fourth-order valence-electron chi connectivity index (χ4n) is 2.02. The summed E-state index contributed by atoms with van der Waals surface area (Å²) in [4.78, 5) is 22.9. The van der Waals surface area contributed by atoms with Crippen molar-refractivity contribution in [3.05, 3.63) is 48.0 Å². The number of nitrogens with one attached hydrogen (secondary N) is 1. The molecule has 0 saturated carbocycles. The maximum absolute atomic E-state index is 12.0. The van der Waals surface area contributed by atoms with Gasteiger partial charge in [0.15, 0.2) is 27.9 Å². The van der Waals surface area contributed by atoms with Gasteiger partial charge < -0.3 is 14.8 Å². The van der Waals surface area contributed by atoms with E-state index in [1.807, 2.05) is 0 Å². The molecule has 25 heavy (non-hydrogen) atoms. The number of hydrogen-bond acceptors (Lipinski definition) is 6. The normalized spacial score (nSPS) is 10.8. The van der Waals surface area contributed by atoms with Gasteiger partial charge in [0.2, 0.25) is 0 Å². The zero-order valence-electron chi connectivity index (χ0n) is 13.7. The first-order valence-electron chi connectivity index (χ1n) is 7.19. The van der Waals surface area contributed by atoms with Crippen LogP contribution in [0.4, 0.5) is 5.69 Å². The molecule has 2 aromatic carbocycles. The van der Waals surface area contributed by atoms with Gasteiger partial charge in [-0.05, 0) is 36.4 Å². The molecule has 0 aliphatic heterocycles. The highest BCUT2D eigenvalue weighted by atomic mass is 32.2. The number of anilines is 1. The largest absolute Gasteiger partial charge is 0.493 e. The topological polar surface area (TPSA) is 98.8 Å². The Morgan fingerprint density at radius 2 is 1.92 bits per heavy atom. The van der Waals surface area contributed by atoms with E-state index in [0.29, 0.717) is 23.3 Å². The number of aldehydes is 1. The number of sulfone groups is 1. The highest BCUT2D eigenvalue weighted by Crippen LogP contribution is 2.27. The van der Waals surface area contributed by atoms with Gasteiger partial charge in [-0.1, -0.05) is 6.07 Å². The molecule has 0 unspecified atom stereocenters. The van der Waals surface area contributed by atoms with E-state index in [-0.39, 0.29) is 17.3 Å². The molecule has 7 nitrogen and oxygen atoms in total. The smallest absolute Gasteiger partial charge is 0.262 e. The van der Waals surface area contributed by atoms with Crippen LogP contribution in [-0.4, -0.2) is 40.6 Å². The van der Waals surface area contributed by atoms with Gasteiger partial charge in [-0.15, -0.1) is 0 Å².